The molecule has 0 saturated carbocycles. The SMILES string of the molecule is Cc1cc(N2c3cc(C)cc(C)c3B3c4ccccc4Oc4cccc2c43)cc(C(C)(C)C)c1. The zero-order chi connectivity index (χ0) is 23.8. The van der Waals surface area contributed by atoms with E-state index in [9.17, 15) is 0 Å². The van der Waals surface area contributed by atoms with Gasteiger partial charge in [0.05, 0.1) is 0 Å². The Morgan fingerprint density at radius 2 is 1.44 bits per heavy atom. The molecule has 2 heterocycles. The maximum Gasteiger partial charge on any atom is 0.256 e. The van der Waals surface area contributed by atoms with Crippen LogP contribution in [0, 0.1) is 20.8 Å². The summed E-state index contributed by atoms with van der Waals surface area (Å²) in [6, 6.07) is 26.7. The average molecular weight is 443 g/mol. The Kier molecular flexibility index (Phi) is 4.51. The molecule has 0 atom stereocenters. The molecule has 0 bridgehead atoms. The van der Waals surface area contributed by atoms with Crippen molar-refractivity contribution in [2.75, 3.05) is 4.90 Å². The molecule has 0 aliphatic carbocycles. The van der Waals surface area contributed by atoms with E-state index in [0.29, 0.717) is 0 Å². The molecular formula is C31H30BNO. The van der Waals surface area contributed by atoms with Gasteiger partial charge in [-0.15, -0.1) is 0 Å². The van der Waals surface area contributed by atoms with Crippen LogP contribution >= 0.6 is 0 Å². The van der Waals surface area contributed by atoms with Crippen molar-refractivity contribution in [2.45, 2.75) is 47.0 Å². The van der Waals surface area contributed by atoms with E-state index in [-0.39, 0.29) is 12.1 Å². The minimum Gasteiger partial charge on any atom is -0.458 e. The van der Waals surface area contributed by atoms with Crippen molar-refractivity contribution < 1.29 is 4.74 Å². The second kappa shape index (κ2) is 7.27. The van der Waals surface area contributed by atoms with Gasteiger partial charge in [0.1, 0.15) is 11.5 Å². The summed E-state index contributed by atoms with van der Waals surface area (Å²) in [5.74, 6) is 1.92. The minimum atomic E-state index is 0.0720. The number of para-hydroxylation sites is 1. The molecule has 0 fully saturated rings. The van der Waals surface area contributed by atoms with Crippen LogP contribution in [0.4, 0.5) is 17.1 Å². The molecular weight excluding hydrogens is 413 g/mol. The Morgan fingerprint density at radius 3 is 2.24 bits per heavy atom. The Bertz CT molecular complexity index is 1460. The van der Waals surface area contributed by atoms with E-state index in [1.165, 1.54) is 55.7 Å². The van der Waals surface area contributed by atoms with Crippen molar-refractivity contribution in [3.05, 3.63) is 95.1 Å². The standard InChI is InChI=1S/C31H30BNO/c1-19-14-21(3)29-26(17-19)33(23-16-20(2)15-22(18-23)31(4,5)6)25-11-9-13-28-30(25)32(29)24-10-7-8-12-27(24)34-28/h7-18H,1-6H3. The summed E-state index contributed by atoms with van der Waals surface area (Å²) in [5.41, 5.74) is 12.9. The van der Waals surface area contributed by atoms with Crippen LogP contribution in [-0.4, -0.2) is 6.71 Å². The molecule has 0 N–H and O–H groups in total. The highest BCUT2D eigenvalue weighted by Crippen LogP contribution is 2.42. The fraction of sp³-hybridized carbons (Fsp3) is 0.226. The summed E-state index contributed by atoms with van der Waals surface area (Å²) in [6.07, 6.45) is 0. The van der Waals surface area contributed by atoms with Gasteiger partial charge in [-0.05, 0) is 95.7 Å². The van der Waals surface area contributed by atoms with Gasteiger partial charge < -0.3 is 9.64 Å². The second-order valence-corrected chi connectivity index (χ2v) is 10.9. The van der Waals surface area contributed by atoms with E-state index in [2.05, 4.69) is 119 Å². The summed E-state index contributed by atoms with van der Waals surface area (Å²) < 4.78 is 6.46. The van der Waals surface area contributed by atoms with E-state index >= 15 is 0 Å². The summed E-state index contributed by atoms with van der Waals surface area (Å²) in [6.45, 7) is 13.7. The van der Waals surface area contributed by atoms with Crippen LogP contribution in [0.25, 0.3) is 0 Å². The molecule has 168 valence electrons. The van der Waals surface area contributed by atoms with Crippen molar-refractivity contribution in [3.63, 3.8) is 0 Å². The molecule has 2 nitrogen and oxygen atoms in total. The van der Waals surface area contributed by atoms with Gasteiger partial charge in [0.15, 0.2) is 0 Å². The summed E-state index contributed by atoms with van der Waals surface area (Å²) in [4.78, 5) is 2.46. The highest BCUT2D eigenvalue weighted by molar-refractivity contribution is 6.99. The van der Waals surface area contributed by atoms with Crippen molar-refractivity contribution in [1.29, 1.82) is 0 Å². The lowest BCUT2D eigenvalue weighted by Crippen LogP contribution is -2.60. The average Bonchev–Trinajstić information content (AvgIpc) is 2.77. The quantitative estimate of drug-likeness (QED) is 0.276. The third-order valence-corrected chi connectivity index (χ3v) is 7.25. The molecule has 4 aromatic rings. The number of anilines is 3. The highest BCUT2D eigenvalue weighted by atomic mass is 16.5. The minimum absolute atomic E-state index is 0.0720. The van der Waals surface area contributed by atoms with Crippen molar-refractivity contribution in [3.8, 4) is 11.5 Å². The molecule has 2 aliphatic rings. The number of benzene rings is 4. The van der Waals surface area contributed by atoms with E-state index in [0.717, 1.165) is 11.5 Å². The van der Waals surface area contributed by atoms with Gasteiger partial charge in [0, 0.05) is 17.1 Å². The van der Waals surface area contributed by atoms with Crippen molar-refractivity contribution >= 4 is 40.2 Å². The number of ether oxygens (including phenoxy) is 1. The predicted octanol–water partition coefficient (Wildman–Crippen LogP) is 6.31. The van der Waals surface area contributed by atoms with E-state index in [1.807, 2.05) is 0 Å². The largest absolute Gasteiger partial charge is 0.458 e. The second-order valence-electron chi connectivity index (χ2n) is 10.9. The third kappa shape index (κ3) is 3.10. The smallest absolute Gasteiger partial charge is 0.256 e. The van der Waals surface area contributed by atoms with E-state index in [1.54, 1.807) is 0 Å². The van der Waals surface area contributed by atoms with Gasteiger partial charge in [-0.2, -0.15) is 0 Å². The number of rotatable bonds is 1. The maximum atomic E-state index is 6.46. The van der Waals surface area contributed by atoms with Gasteiger partial charge in [-0.1, -0.05) is 62.7 Å². The Labute approximate surface area is 203 Å². The summed E-state index contributed by atoms with van der Waals surface area (Å²) in [5, 5.41) is 0. The molecule has 0 spiro atoms. The molecule has 2 aliphatic heterocycles. The first-order valence-corrected chi connectivity index (χ1v) is 12.2. The van der Waals surface area contributed by atoms with Gasteiger partial charge >= 0.3 is 0 Å². The molecule has 4 aromatic carbocycles. The van der Waals surface area contributed by atoms with Gasteiger partial charge in [0.2, 0.25) is 0 Å². The first-order valence-electron chi connectivity index (χ1n) is 12.2. The van der Waals surface area contributed by atoms with Crippen LogP contribution in [0.2, 0.25) is 0 Å². The lowest BCUT2D eigenvalue weighted by atomic mass is 9.33. The predicted molar refractivity (Wildman–Crippen MR) is 145 cm³/mol. The van der Waals surface area contributed by atoms with Crippen molar-refractivity contribution in [2.24, 2.45) is 0 Å². The maximum absolute atomic E-state index is 6.46. The van der Waals surface area contributed by atoms with E-state index in [4.69, 9.17) is 4.74 Å². The van der Waals surface area contributed by atoms with Gasteiger partial charge in [-0.3, -0.25) is 0 Å². The normalized spacial score (nSPS) is 13.7. The lowest BCUT2D eigenvalue weighted by Gasteiger charge is -2.41. The van der Waals surface area contributed by atoms with Crippen LogP contribution in [0.3, 0.4) is 0 Å². The summed E-state index contributed by atoms with van der Waals surface area (Å²) >= 11 is 0. The first kappa shape index (κ1) is 21.1. The number of hydrogen-bond acceptors (Lipinski definition) is 2. The lowest BCUT2D eigenvalue weighted by molar-refractivity contribution is 0.487. The fourth-order valence-electron chi connectivity index (χ4n) is 5.74. The molecule has 0 aromatic heterocycles. The zero-order valence-corrected chi connectivity index (χ0v) is 20.9. The molecule has 34 heavy (non-hydrogen) atoms. The monoisotopic (exact) mass is 443 g/mol. The van der Waals surface area contributed by atoms with Crippen LogP contribution < -0.4 is 26.0 Å². The van der Waals surface area contributed by atoms with Gasteiger partial charge in [-0.25, -0.2) is 0 Å². The molecule has 0 unspecified atom stereocenters. The molecule has 0 amide bonds. The number of fused-ring (bicyclic) bond motifs is 4. The number of aryl methyl sites for hydroxylation is 3. The first-order chi connectivity index (χ1) is 16.2. The number of hydrogen-bond donors (Lipinski definition) is 0. The van der Waals surface area contributed by atoms with Crippen LogP contribution in [-0.2, 0) is 5.41 Å². The Balaban J connectivity index is 1.70. The van der Waals surface area contributed by atoms with Gasteiger partial charge in [0.25, 0.3) is 6.71 Å². The molecule has 6 rings (SSSR count). The summed E-state index contributed by atoms with van der Waals surface area (Å²) in [7, 11) is 0. The Morgan fingerprint density at radius 1 is 0.706 bits per heavy atom. The molecule has 0 saturated heterocycles. The topological polar surface area (TPSA) is 12.5 Å². The number of nitrogens with zero attached hydrogens (tertiary/aromatic N) is 1. The Hall–Kier alpha value is -3.46. The van der Waals surface area contributed by atoms with Crippen molar-refractivity contribution in [1.82, 2.24) is 0 Å². The van der Waals surface area contributed by atoms with Crippen LogP contribution in [0.1, 0.15) is 43.0 Å². The zero-order valence-electron chi connectivity index (χ0n) is 20.9. The molecule has 3 heteroatoms. The highest BCUT2D eigenvalue weighted by Gasteiger charge is 2.42. The third-order valence-electron chi connectivity index (χ3n) is 7.25. The molecule has 0 radical (unpaired) electrons. The van der Waals surface area contributed by atoms with Crippen LogP contribution in [0.5, 0.6) is 11.5 Å². The van der Waals surface area contributed by atoms with Crippen LogP contribution in [0.15, 0.2) is 72.8 Å². The van der Waals surface area contributed by atoms with E-state index < -0.39 is 0 Å². The fourth-order valence-corrected chi connectivity index (χ4v) is 5.74.